The number of carbonyl (C=O) groups is 1. The summed E-state index contributed by atoms with van der Waals surface area (Å²) in [7, 11) is 3.19. The molecule has 0 spiro atoms. The molecule has 1 unspecified atom stereocenters. The fourth-order valence-corrected chi connectivity index (χ4v) is 4.92. The third-order valence-electron chi connectivity index (χ3n) is 5.26. The molecule has 27 heavy (non-hydrogen) atoms. The van der Waals surface area contributed by atoms with Gasteiger partial charge in [-0.3, -0.25) is 0 Å². The van der Waals surface area contributed by atoms with Crippen molar-refractivity contribution in [1.82, 2.24) is 9.80 Å². The van der Waals surface area contributed by atoms with Gasteiger partial charge in [0.1, 0.15) is 0 Å². The molecule has 2 saturated heterocycles. The van der Waals surface area contributed by atoms with Gasteiger partial charge in [-0.15, -0.1) is 0 Å². The van der Waals surface area contributed by atoms with Crippen LogP contribution < -0.4 is 14.8 Å². The summed E-state index contributed by atoms with van der Waals surface area (Å²) in [6.07, 6.45) is 4.90. The molecule has 6 nitrogen and oxygen atoms in total. The lowest BCUT2D eigenvalue weighted by molar-refractivity contribution is 0.151. The van der Waals surface area contributed by atoms with Crippen molar-refractivity contribution >= 4 is 23.5 Å². The molecule has 0 aliphatic carbocycles. The van der Waals surface area contributed by atoms with Crippen LogP contribution in [-0.4, -0.2) is 73.8 Å². The second-order valence-electron chi connectivity index (χ2n) is 7.11. The molecule has 1 aromatic carbocycles. The summed E-state index contributed by atoms with van der Waals surface area (Å²) in [4.78, 5) is 17.7. The van der Waals surface area contributed by atoms with Crippen LogP contribution in [0.4, 0.5) is 10.5 Å². The standard InChI is InChI=1S/C20H31N3O3S/c1-25-18-9-6-8-17(19(18)26-2)21-20(24)23-12-7-13-27-15-16(23)14-22-10-4-3-5-11-22/h6,8-9,16H,3-5,7,10-15H2,1-2H3,(H,21,24). The first kappa shape index (κ1) is 20.1. The monoisotopic (exact) mass is 393 g/mol. The maximum absolute atomic E-state index is 13.1. The molecule has 2 amide bonds. The minimum Gasteiger partial charge on any atom is -0.493 e. The van der Waals surface area contributed by atoms with E-state index in [2.05, 4.69) is 10.2 Å². The average Bonchev–Trinajstić information content (AvgIpc) is 2.94. The number of anilines is 1. The molecule has 0 radical (unpaired) electrons. The molecule has 1 aromatic rings. The Bertz CT molecular complexity index is 622. The zero-order valence-corrected chi connectivity index (χ0v) is 17.2. The van der Waals surface area contributed by atoms with E-state index in [1.165, 1.54) is 19.3 Å². The molecule has 2 aliphatic heterocycles. The summed E-state index contributed by atoms with van der Waals surface area (Å²) in [6.45, 7) is 4.07. The quantitative estimate of drug-likeness (QED) is 0.829. The fraction of sp³-hybridized carbons (Fsp3) is 0.650. The highest BCUT2D eigenvalue weighted by atomic mass is 32.2. The lowest BCUT2D eigenvalue weighted by Crippen LogP contribution is -2.50. The van der Waals surface area contributed by atoms with Crippen LogP contribution in [0, 0.1) is 0 Å². The second-order valence-corrected chi connectivity index (χ2v) is 8.26. The first-order valence-electron chi connectivity index (χ1n) is 9.81. The number of para-hydroxylation sites is 1. The minimum atomic E-state index is -0.0499. The summed E-state index contributed by atoms with van der Waals surface area (Å²) in [5.74, 6) is 3.29. The number of carbonyl (C=O) groups excluding carboxylic acids is 1. The molecule has 7 heteroatoms. The van der Waals surface area contributed by atoms with Crippen LogP contribution in [0.5, 0.6) is 11.5 Å². The summed E-state index contributed by atoms with van der Waals surface area (Å²) in [5, 5.41) is 3.06. The molecular weight excluding hydrogens is 362 g/mol. The van der Waals surface area contributed by atoms with E-state index in [1.807, 2.05) is 34.9 Å². The predicted molar refractivity (Wildman–Crippen MR) is 111 cm³/mol. The van der Waals surface area contributed by atoms with E-state index in [0.29, 0.717) is 17.2 Å². The lowest BCUT2D eigenvalue weighted by atomic mass is 10.1. The van der Waals surface area contributed by atoms with Gasteiger partial charge in [0.15, 0.2) is 11.5 Å². The SMILES string of the molecule is COc1cccc(NC(=O)N2CCCSCC2CN2CCCCC2)c1OC. The van der Waals surface area contributed by atoms with E-state index in [1.54, 1.807) is 14.2 Å². The van der Waals surface area contributed by atoms with Gasteiger partial charge in [0.05, 0.1) is 25.9 Å². The summed E-state index contributed by atoms with van der Waals surface area (Å²) in [6, 6.07) is 5.74. The zero-order chi connectivity index (χ0) is 19.1. The van der Waals surface area contributed by atoms with Crippen molar-refractivity contribution < 1.29 is 14.3 Å². The highest BCUT2D eigenvalue weighted by molar-refractivity contribution is 7.99. The number of hydrogen-bond donors (Lipinski definition) is 1. The summed E-state index contributed by atoms with van der Waals surface area (Å²) < 4.78 is 10.8. The van der Waals surface area contributed by atoms with Gasteiger partial charge < -0.3 is 24.6 Å². The minimum absolute atomic E-state index is 0.0499. The van der Waals surface area contributed by atoms with Crippen molar-refractivity contribution in [2.45, 2.75) is 31.7 Å². The molecule has 1 atom stereocenters. The molecule has 0 aromatic heterocycles. The fourth-order valence-electron chi connectivity index (χ4n) is 3.86. The van der Waals surface area contributed by atoms with Gasteiger partial charge >= 0.3 is 6.03 Å². The number of ether oxygens (including phenoxy) is 2. The number of nitrogens with zero attached hydrogens (tertiary/aromatic N) is 2. The van der Waals surface area contributed by atoms with Crippen LogP contribution in [-0.2, 0) is 0 Å². The van der Waals surface area contributed by atoms with E-state index in [-0.39, 0.29) is 12.1 Å². The zero-order valence-electron chi connectivity index (χ0n) is 16.4. The van der Waals surface area contributed by atoms with Gasteiger partial charge in [-0.1, -0.05) is 12.5 Å². The molecule has 3 rings (SSSR count). The Labute approximate surface area is 166 Å². The average molecular weight is 394 g/mol. The van der Waals surface area contributed by atoms with Crippen molar-refractivity contribution in [3.63, 3.8) is 0 Å². The number of amides is 2. The molecule has 0 bridgehead atoms. The number of nitrogens with one attached hydrogen (secondary N) is 1. The Balaban J connectivity index is 1.72. The van der Waals surface area contributed by atoms with E-state index in [9.17, 15) is 4.79 Å². The van der Waals surface area contributed by atoms with Crippen LogP contribution >= 0.6 is 11.8 Å². The van der Waals surface area contributed by atoms with Crippen LogP contribution in [0.3, 0.4) is 0 Å². The molecule has 2 aliphatic rings. The summed E-state index contributed by atoms with van der Waals surface area (Å²) >= 11 is 1.96. The summed E-state index contributed by atoms with van der Waals surface area (Å²) in [5.41, 5.74) is 0.649. The molecule has 2 heterocycles. The Morgan fingerprint density at radius 3 is 2.70 bits per heavy atom. The molecule has 150 valence electrons. The first-order valence-corrected chi connectivity index (χ1v) is 11.0. The van der Waals surface area contributed by atoms with Crippen LogP contribution in [0.2, 0.25) is 0 Å². The van der Waals surface area contributed by atoms with Crippen molar-refractivity contribution in [1.29, 1.82) is 0 Å². The number of likely N-dealkylation sites (tertiary alicyclic amines) is 1. The van der Waals surface area contributed by atoms with Crippen LogP contribution in [0.25, 0.3) is 0 Å². The third kappa shape index (κ3) is 5.23. The lowest BCUT2D eigenvalue weighted by Gasteiger charge is -2.35. The molecule has 2 fully saturated rings. The Kier molecular flexibility index (Phi) is 7.52. The van der Waals surface area contributed by atoms with E-state index in [0.717, 1.165) is 44.1 Å². The number of benzene rings is 1. The highest BCUT2D eigenvalue weighted by Crippen LogP contribution is 2.35. The predicted octanol–water partition coefficient (Wildman–Crippen LogP) is 3.53. The van der Waals surface area contributed by atoms with Crippen LogP contribution in [0.1, 0.15) is 25.7 Å². The van der Waals surface area contributed by atoms with Gasteiger partial charge in [0.25, 0.3) is 0 Å². The van der Waals surface area contributed by atoms with Gasteiger partial charge in [-0.2, -0.15) is 11.8 Å². The molecule has 0 saturated carbocycles. The first-order chi connectivity index (χ1) is 13.2. The second kappa shape index (κ2) is 10.1. The molecular formula is C20H31N3O3S. The number of thioether (sulfide) groups is 1. The van der Waals surface area contributed by atoms with Crippen molar-refractivity contribution in [3.05, 3.63) is 18.2 Å². The Morgan fingerprint density at radius 2 is 1.96 bits per heavy atom. The van der Waals surface area contributed by atoms with E-state index in [4.69, 9.17) is 9.47 Å². The normalized spacial score (nSPS) is 21.4. The number of methoxy groups -OCH3 is 2. The van der Waals surface area contributed by atoms with Gasteiger partial charge in [-0.25, -0.2) is 4.79 Å². The third-order valence-corrected chi connectivity index (χ3v) is 6.46. The highest BCUT2D eigenvalue weighted by Gasteiger charge is 2.28. The Hall–Kier alpha value is -1.60. The van der Waals surface area contributed by atoms with Crippen molar-refractivity contribution in [2.24, 2.45) is 0 Å². The van der Waals surface area contributed by atoms with Gasteiger partial charge in [-0.05, 0) is 50.2 Å². The maximum Gasteiger partial charge on any atom is 0.322 e. The van der Waals surface area contributed by atoms with E-state index < -0.39 is 0 Å². The molecule has 1 N–H and O–H groups in total. The van der Waals surface area contributed by atoms with Crippen molar-refractivity contribution in [2.75, 3.05) is 57.2 Å². The van der Waals surface area contributed by atoms with Crippen LogP contribution in [0.15, 0.2) is 18.2 Å². The Morgan fingerprint density at radius 1 is 1.15 bits per heavy atom. The largest absolute Gasteiger partial charge is 0.493 e. The smallest absolute Gasteiger partial charge is 0.322 e. The van der Waals surface area contributed by atoms with E-state index >= 15 is 0 Å². The number of rotatable bonds is 5. The maximum atomic E-state index is 13.1. The van der Waals surface area contributed by atoms with Crippen molar-refractivity contribution in [3.8, 4) is 11.5 Å². The van der Waals surface area contributed by atoms with Gasteiger partial charge in [0.2, 0.25) is 0 Å². The number of hydrogen-bond acceptors (Lipinski definition) is 5. The number of urea groups is 1. The van der Waals surface area contributed by atoms with Gasteiger partial charge in [0, 0.05) is 18.8 Å². The topological polar surface area (TPSA) is 54.0 Å². The number of piperidine rings is 1.